The van der Waals surface area contributed by atoms with Crippen molar-refractivity contribution in [3.8, 4) is 0 Å². The molecule has 1 aliphatic heterocycles. The van der Waals surface area contributed by atoms with Gasteiger partial charge in [0.25, 0.3) is 0 Å². The molecule has 178 valence electrons. The van der Waals surface area contributed by atoms with E-state index in [0.29, 0.717) is 6.54 Å². The molecular weight excluding hydrogens is 478 g/mol. The van der Waals surface area contributed by atoms with Gasteiger partial charge in [-0.15, -0.1) is 11.8 Å². The lowest BCUT2D eigenvalue weighted by Gasteiger charge is -2.37. The fourth-order valence-corrected chi connectivity index (χ4v) is 6.87. The summed E-state index contributed by atoms with van der Waals surface area (Å²) < 4.78 is -0.0588. The molecule has 0 spiro atoms. The Hall–Kier alpha value is -1.88. The lowest BCUT2D eigenvalue weighted by atomic mass is 9.97. The van der Waals surface area contributed by atoms with Crippen molar-refractivity contribution in [2.45, 2.75) is 49.1 Å². The topological polar surface area (TPSA) is 20.3 Å². The highest BCUT2D eigenvalue weighted by Crippen LogP contribution is 2.42. The molecule has 0 N–H and O–H groups in total. The average molecular weight is 510 g/mol. The van der Waals surface area contributed by atoms with Gasteiger partial charge in [0.05, 0.1) is 0 Å². The summed E-state index contributed by atoms with van der Waals surface area (Å²) in [6, 6.07) is 29.2. The van der Waals surface area contributed by atoms with Crippen molar-refractivity contribution in [1.29, 1.82) is 0 Å². The second kappa shape index (κ2) is 11.7. The average Bonchev–Trinajstić information content (AvgIpc) is 3.16. The Bertz CT molecular complexity index is 1060. The number of likely N-dealkylation sites (tertiary alicyclic amines) is 1. The van der Waals surface area contributed by atoms with Gasteiger partial charge in [0, 0.05) is 45.5 Å². The van der Waals surface area contributed by atoms with E-state index in [-0.39, 0.29) is 22.6 Å². The number of amides is 1. The van der Waals surface area contributed by atoms with Gasteiger partial charge in [0.2, 0.25) is 5.91 Å². The summed E-state index contributed by atoms with van der Waals surface area (Å²) in [5, 5.41) is 0.724. The third-order valence-electron chi connectivity index (χ3n) is 6.47. The number of hydrogen-bond acceptors (Lipinski definition) is 3. The number of carbonyl (C=O) groups excluding carboxylic acids is 1. The molecule has 5 heteroatoms. The predicted octanol–water partition coefficient (Wildman–Crippen LogP) is 7.70. The predicted molar refractivity (Wildman–Crippen MR) is 148 cm³/mol. The van der Waals surface area contributed by atoms with Crippen LogP contribution >= 0.6 is 35.1 Å². The summed E-state index contributed by atoms with van der Waals surface area (Å²) in [6.07, 6.45) is 0.906. The molecule has 3 aromatic carbocycles. The first kappa shape index (κ1) is 25.2. The molecule has 0 aromatic heterocycles. The molecule has 2 unspecified atom stereocenters. The van der Waals surface area contributed by atoms with Gasteiger partial charge in [0.15, 0.2) is 0 Å². The molecule has 1 amide bonds. The normalized spacial score (nSPS) is 18.4. The SMILES string of the molecule is CC(C)(SCc1ccccc1)C1CC(CSCc2ccccc2)C(=O)N1Cc1ccc(Cl)cc1. The summed E-state index contributed by atoms with van der Waals surface area (Å²) in [6.45, 7) is 5.23. The van der Waals surface area contributed by atoms with Gasteiger partial charge in [0.1, 0.15) is 0 Å². The number of benzene rings is 3. The number of hydrogen-bond donors (Lipinski definition) is 0. The Labute approximate surface area is 217 Å². The third kappa shape index (κ3) is 6.62. The zero-order valence-electron chi connectivity index (χ0n) is 19.8. The summed E-state index contributed by atoms with van der Waals surface area (Å²) in [5.41, 5.74) is 3.76. The molecule has 0 bridgehead atoms. The van der Waals surface area contributed by atoms with Gasteiger partial charge < -0.3 is 4.90 Å². The summed E-state index contributed by atoms with van der Waals surface area (Å²) in [7, 11) is 0. The van der Waals surface area contributed by atoms with E-state index >= 15 is 0 Å². The Balaban J connectivity index is 1.47. The maximum absolute atomic E-state index is 13.6. The van der Waals surface area contributed by atoms with Gasteiger partial charge in [-0.05, 0) is 49.1 Å². The number of carbonyl (C=O) groups is 1. The molecule has 2 atom stereocenters. The van der Waals surface area contributed by atoms with Gasteiger partial charge in [-0.2, -0.15) is 11.8 Å². The number of halogens is 1. The van der Waals surface area contributed by atoms with E-state index in [1.165, 1.54) is 11.1 Å². The molecule has 4 rings (SSSR count). The van der Waals surface area contributed by atoms with Crippen LogP contribution < -0.4 is 0 Å². The van der Waals surface area contributed by atoms with E-state index in [1.54, 1.807) is 0 Å². The van der Waals surface area contributed by atoms with Crippen LogP contribution in [0.3, 0.4) is 0 Å². The quantitative estimate of drug-likeness (QED) is 0.279. The molecule has 1 saturated heterocycles. The standard InChI is InChI=1S/C29H32ClNOS2/c1-29(2,34-20-24-11-7-4-8-12-24)27-17-25(21-33-19-23-9-5-3-6-10-23)28(32)31(27)18-22-13-15-26(30)16-14-22/h3-16,25,27H,17-21H2,1-2H3. The Morgan fingerprint density at radius 2 is 1.44 bits per heavy atom. The van der Waals surface area contributed by atoms with E-state index in [0.717, 1.165) is 34.3 Å². The minimum absolute atomic E-state index is 0.0580. The minimum atomic E-state index is -0.0588. The smallest absolute Gasteiger partial charge is 0.227 e. The zero-order valence-corrected chi connectivity index (χ0v) is 22.2. The third-order valence-corrected chi connectivity index (χ3v) is 9.39. The summed E-state index contributed by atoms with van der Waals surface area (Å²) in [4.78, 5) is 15.8. The van der Waals surface area contributed by atoms with E-state index in [2.05, 4.69) is 73.3 Å². The number of rotatable bonds is 10. The minimum Gasteiger partial charge on any atom is -0.334 e. The van der Waals surface area contributed by atoms with Crippen molar-refractivity contribution >= 4 is 41.0 Å². The molecule has 3 aromatic rings. The van der Waals surface area contributed by atoms with Crippen LogP contribution in [0.1, 0.15) is 37.0 Å². The fourth-order valence-electron chi connectivity index (χ4n) is 4.49. The van der Waals surface area contributed by atoms with Gasteiger partial charge in [-0.1, -0.05) is 84.4 Å². The molecule has 1 fully saturated rings. The Morgan fingerprint density at radius 1 is 0.853 bits per heavy atom. The lowest BCUT2D eigenvalue weighted by molar-refractivity contribution is -0.132. The van der Waals surface area contributed by atoms with Crippen molar-refractivity contribution in [2.24, 2.45) is 5.92 Å². The fraction of sp³-hybridized carbons (Fsp3) is 0.345. The van der Waals surface area contributed by atoms with Crippen LogP contribution in [0.4, 0.5) is 0 Å². The molecule has 0 aliphatic carbocycles. The lowest BCUT2D eigenvalue weighted by Crippen LogP contribution is -2.45. The Kier molecular flexibility index (Phi) is 8.68. The first-order valence-corrected chi connectivity index (χ1v) is 14.3. The molecule has 34 heavy (non-hydrogen) atoms. The maximum Gasteiger partial charge on any atom is 0.227 e. The largest absolute Gasteiger partial charge is 0.334 e. The van der Waals surface area contributed by atoms with Crippen LogP contribution in [0.25, 0.3) is 0 Å². The van der Waals surface area contributed by atoms with Crippen LogP contribution in [-0.2, 0) is 22.8 Å². The van der Waals surface area contributed by atoms with Crippen molar-refractivity contribution in [3.63, 3.8) is 0 Å². The molecule has 1 heterocycles. The summed E-state index contributed by atoms with van der Waals surface area (Å²) in [5.74, 6) is 3.09. The zero-order chi connectivity index (χ0) is 24.0. The molecular formula is C29H32ClNOS2. The molecule has 1 aliphatic rings. The second-order valence-electron chi connectivity index (χ2n) is 9.42. The van der Waals surface area contributed by atoms with Gasteiger partial charge in [-0.3, -0.25) is 4.79 Å². The molecule has 2 nitrogen and oxygen atoms in total. The van der Waals surface area contributed by atoms with Gasteiger partial charge >= 0.3 is 0 Å². The van der Waals surface area contributed by atoms with Crippen molar-refractivity contribution in [1.82, 2.24) is 4.90 Å². The van der Waals surface area contributed by atoms with Crippen LogP contribution in [0.15, 0.2) is 84.9 Å². The highest BCUT2D eigenvalue weighted by molar-refractivity contribution is 7.99. The molecule has 0 saturated carbocycles. The van der Waals surface area contributed by atoms with E-state index in [4.69, 9.17) is 11.6 Å². The first-order chi connectivity index (χ1) is 16.4. The van der Waals surface area contributed by atoms with Crippen molar-refractivity contribution in [3.05, 3.63) is 107 Å². The van der Waals surface area contributed by atoms with Crippen LogP contribution in [0.5, 0.6) is 0 Å². The second-order valence-corrected chi connectivity index (χ2v) is 12.5. The number of nitrogens with zero attached hydrogens (tertiary/aromatic N) is 1. The van der Waals surface area contributed by atoms with Gasteiger partial charge in [-0.25, -0.2) is 0 Å². The Morgan fingerprint density at radius 3 is 2.06 bits per heavy atom. The van der Waals surface area contributed by atoms with E-state index in [9.17, 15) is 4.79 Å². The van der Waals surface area contributed by atoms with E-state index < -0.39 is 0 Å². The maximum atomic E-state index is 13.6. The van der Waals surface area contributed by atoms with Crippen LogP contribution in [0, 0.1) is 5.92 Å². The van der Waals surface area contributed by atoms with Crippen LogP contribution in [-0.4, -0.2) is 27.3 Å². The first-order valence-electron chi connectivity index (χ1n) is 11.8. The molecule has 0 radical (unpaired) electrons. The monoisotopic (exact) mass is 509 g/mol. The van der Waals surface area contributed by atoms with Crippen LogP contribution in [0.2, 0.25) is 5.02 Å². The number of thioether (sulfide) groups is 2. The van der Waals surface area contributed by atoms with E-state index in [1.807, 2.05) is 53.9 Å². The van der Waals surface area contributed by atoms with Crippen molar-refractivity contribution < 1.29 is 4.79 Å². The van der Waals surface area contributed by atoms with Crippen molar-refractivity contribution in [2.75, 3.05) is 5.75 Å². The highest BCUT2D eigenvalue weighted by atomic mass is 35.5. The highest BCUT2D eigenvalue weighted by Gasteiger charge is 2.46. The summed E-state index contributed by atoms with van der Waals surface area (Å²) >= 11 is 9.92.